The Hall–Kier alpha value is -2.28. The van der Waals surface area contributed by atoms with Crippen molar-refractivity contribution in [3.63, 3.8) is 0 Å². The maximum absolute atomic E-state index is 11.0. The van der Waals surface area contributed by atoms with Gasteiger partial charge in [0.1, 0.15) is 11.9 Å². The first-order valence-electron chi connectivity index (χ1n) is 5.87. The fourth-order valence-corrected chi connectivity index (χ4v) is 1.71. The van der Waals surface area contributed by atoms with Crippen LogP contribution in [-0.4, -0.2) is 37.4 Å². The third-order valence-corrected chi connectivity index (χ3v) is 2.67. The van der Waals surface area contributed by atoms with E-state index < -0.39 is 5.97 Å². The third-order valence-electron chi connectivity index (χ3n) is 2.67. The van der Waals surface area contributed by atoms with E-state index in [0.29, 0.717) is 12.2 Å². The topological polar surface area (TPSA) is 92.9 Å². The highest BCUT2D eigenvalue weighted by Crippen LogP contribution is 2.03. The Morgan fingerprint density at radius 3 is 3.00 bits per heavy atom. The second-order valence-corrected chi connectivity index (χ2v) is 4.14. The zero-order valence-corrected chi connectivity index (χ0v) is 10.6. The van der Waals surface area contributed by atoms with E-state index in [-0.39, 0.29) is 5.56 Å². The van der Waals surface area contributed by atoms with Gasteiger partial charge in [0.05, 0.1) is 11.9 Å². The first-order valence-corrected chi connectivity index (χ1v) is 5.87. The van der Waals surface area contributed by atoms with E-state index in [9.17, 15) is 4.79 Å². The van der Waals surface area contributed by atoms with Gasteiger partial charge in [-0.05, 0) is 18.5 Å². The number of aromatic carboxylic acids is 1. The van der Waals surface area contributed by atoms with Crippen molar-refractivity contribution in [2.24, 2.45) is 7.05 Å². The summed E-state index contributed by atoms with van der Waals surface area (Å²) in [5.74, 6) is -1.01. The molecule has 7 nitrogen and oxygen atoms in total. The number of carbonyl (C=O) groups is 1. The molecule has 0 spiro atoms. The second-order valence-electron chi connectivity index (χ2n) is 4.14. The van der Waals surface area contributed by atoms with E-state index in [1.807, 2.05) is 19.4 Å². The van der Waals surface area contributed by atoms with Gasteiger partial charge in [0.25, 0.3) is 0 Å². The van der Waals surface area contributed by atoms with Crippen molar-refractivity contribution in [1.29, 1.82) is 0 Å². The van der Waals surface area contributed by atoms with Crippen molar-refractivity contribution in [1.82, 2.24) is 25.1 Å². The molecule has 0 aromatic carbocycles. The maximum atomic E-state index is 11.0. The average Bonchev–Trinajstić information content (AvgIpc) is 2.81. The number of rotatable bonds is 6. The van der Waals surface area contributed by atoms with Gasteiger partial charge in [0, 0.05) is 26.0 Å². The number of nitrogens with zero attached hydrogens (tertiary/aromatic N) is 4. The lowest BCUT2D eigenvalue weighted by Crippen LogP contribution is -2.19. The van der Waals surface area contributed by atoms with Crippen molar-refractivity contribution < 1.29 is 9.90 Å². The molecule has 2 N–H and O–H groups in total. The van der Waals surface area contributed by atoms with E-state index in [1.54, 1.807) is 4.68 Å². The highest BCUT2D eigenvalue weighted by molar-refractivity contribution is 5.88. The van der Waals surface area contributed by atoms with Crippen molar-refractivity contribution in [3.8, 4) is 0 Å². The highest BCUT2D eigenvalue weighted by Gasteiger charge is 2.10. The summed E-state index contributed by atoms with van der Waals surface area (Å²) in [6.07, 6.45) is 7.27. The maximum Gasteiger partial charge on any atom is 0.339 e. The van der Waals surface area contributed by atoms with Crippen LogP contribution in [0.3, 0.4) is 0 Å². The van der Waals surface area contributed by atoms with Crippen LogP contribution < -0.4 is 5.32 Å². The summed E-state index contributed by atoms with van der Waals surface area (Å²) < 4.78 is 1.75. The number of nitrogens with one attached hydrogen (secondary N) is 1. The van der Waals surface area contributed by atoms with Crippen molar-refractivity contribution in [2.75, 3.05) is 6.54 Å². The Morgan fingerprint density at radius 1 is 1.47 bits per heavy atom. The van der Waals surface area contributed by atoms with Crippen molar-refractivity contribution in [2.45, 2.75) is 13.0 Å². The number of carboxylic acids is 1. The van der Waals surface area contributed by atoms with Gasteiger partial charge in [-0.15, -0.1) is 0 Å². The van der Waals surface area contributed by atoms with E-state index in [1.165, 1.54) is 12.5 Å². The summed E-state index contributed by atoms with van der Waals surface area (Å²) in [5, 5.41) is 16.2. The summed E-state index contributed by atoms with van der Waals surface area (Å²) in [5.41, 5.74) is 1.77. The molecular formula is C12H15N5O2. The minimum absolute atomic E-state index is 0.136. The molecule has 0 bridgehead atoms. The first-order chi connectivity index (χ1) is 9.16. The number of hydrogen-bond acceptors (Lipinski definition) is 5. The molecule has 0 unspecified atom stereocenters. The van der Waals surface area contributed by atoms with E-state index in [2.05, 4.69) is 20.4 Å². The molecule has 2 aromatic rings. The zero-order valence-electron chi connectivity index (χ0n) is 10.6. The fraction of sp³-hybridized carbons (Fsp3) is 0.333. The fourth-order valence-electron chi connectivity index (χ4n) is 1.71. The van der Waals surface area contributed by atoms with Crippen molar-refractivity contribution >= 4 is 5.97 Å². The van der Waals surface area contributed by atoms with Crippen LogP contribution >= 0.6 is 0 Å². The summed E-state index contributed by atoms with van der Waals surface area (Å²) >= 11 is 0. The second kappa shape index (κ2) is 6.05. The lowest BCUT2D eigenvalue weighted by atomic mass is 10.2. The molecule has 0 amide bonds. The lowest BCUT2D eigenvalue weighted by Gasteiger charge is -2.05. The monoisotopic (exact) mass is 261 g/mol. The Balaban J connectivity index is 1.84. The molecule has 7 heteroatoms. The van der Waals surface area contributed by atoms with E-state index in [4.69, 9.17) is 5.11 Å². The molecule has 100 valence electrons. The lowest BCUT2D eigenvalue weighted by molar-refractivity contribution is 0.0694. The summed E-state index contributed by atoms with van der Waals surface area (Å²) in [6.45, 7) is 1.14. The summed E-state index contributed by atoms with van der Waals surface area (Å²) in [6, 6.07) is 0. The smallest absolute Gasteiger partial charge is 0.339 e. The van der Waals surface area contributed by atoms with Crippen LogP contribution in [0.1, 0.15) is 21.6 Å². The zero-order chi connectivity index (χ0) is 13.7. The molecule has 2 aromatic heterocycles. The van der Waals surface area contributed by atoms with Gasteiger partial charge < -0.3 is 10.4 Å². The van der Waals surface area contributed by atoms with E-state index >= 15 is 0 Å². The van der Waals surface area contributed by atoms with E-state index in [0.717, 1.165) is 18.5 Å². The SMILES string of the molecule is Cn1cc(CCNCc2ncncc2C(=O)O)cn1. The van der Waals surface area contributed by atoms with Gasteiger partial charge >= 0.3 is 5.97 Å². The Labute approximate surface area is 110 Å². The number of aryl methyl sites for hydroxylation is 1. The van der Waals surface area contributed by atoms with Crippen LogP contribution in [0, 0.1) is 0 Å². The van der Waals surface area contributed by atoms with Gasteiger partial charge in [-0.3, -0.25) is 4.68 Å². The molecule has 2 heterocycles. The summed E-state index contributed by atoms with van der Waals surface area (Å²) in [7, 11) is 1.87. The normalized spacial score (nSPS) is 10.6. The number of hydrogen-bond donors (Lipinski definition) is 2. The molecule has 0 aliphatic heterocycles. The molecule has 0 saturated carbocycles. The van der Waals surface area contributed by atoms with Gasteiger partial charge in [-0.1, -0.05) is 0 Å². The van der Waals surface area contributed by atoms with Crippen LogP contribution in [0.4, 0.5) is 0 Å². The Bertz CT molecular complexity index is 567. The molecule has 0 saturated heterocycles. The van der Waals surface area contributed by atoms with Crippen LogP contribution in [-0.2, 0) is 20.0 Å². The van der Waals surface area contributed by atoms with Gasteiger partial charge in [-0.2, -0.15) is 5.10 Å². The first kappa shape index (κ1) is 13.2. The molecule has 2 rings (SSSR count). The predicted molar refractivity (Wildman–Crippen MR) is 67.6 cm³/mol. The molecule has 0 aliphatic rings. The third kappa shape index (κ3) is 3.59. The van der Waals surface area contributed by atoms with Crippen LogP contribution in [0.15, 0.2) is 24.9 Å². The standard InChI is InChI=1S/C12H15N5O2/c1-17-7-9(4-16-17)2-3-13-6-11-10(12(18)19)5-14-8-15-11/h4-5,7-8,13H,2-3,6H2,1H3,(H,18,19). The molecule has 0 atom stereocenters. The molecule has 0 fully saturated rings. The average molecular weight is 261 g/mol. The van der Waals surface area contributed by atoms with Gasteiger partial charge in [-0.25, -0.2) is 14.8 Å². The van der Waals surface area contributed by atoms with Crippen LogP contribution in [0.5, 0.6) is 0 Å². The quantitative estimate of drug-likeness (QED) is 0.724. The molecular weight excluding hydrogens is 246 g/mol. The van der Waals surface area contributed by atoms with Crippen LogP contribution in [0.25, 0.3) is 0 Å². The minimum Gasteiger partial charge on any atom is -0.478 e. The molecule has 0 aliphatic carbocycles. The Kier molecular flexibility index (Phi) is 4.19. The molecule has 0 radical (unpaired) electrons. The van der Waals surface area contributed by atoms with Crippen LogP contribution in [0.2, 0.25) is 0 Å². The Morgan fingerprint density at radius 2 is 2.32 bits per heavy atom. The van der Waals surface area contributed by atoms with Gasteiger partial charge in [0.15, 0.2) is 0 Å². The van der Waals surface area contributed by atoms with Gasteiger partial charge in [0.2, 0.25) is 0 Å². The summed E-state index contributed by atoms with van der Waals surface area (Å²) in [4.78, 5) is 18.7. The largest absolute Gasteiger partial charge is 0.478 e. The number of aromatic nitrogens is 4. The highest BCUT2D eigenvalue weighted by atomic mass is 16.4. The number of carboxylic acid groups (broad SMARTS) is 1. The van der Waals surface area contributed by atoms with Crippen molar-refractivity contribution in [3.05, 3.63) is 41.7 Å². The molecule has 19 heavy (non-hydrogen) atoms. The minimum atomic E-state index is -1.01. The predicted octanol–water partition coefficient (Wildman–Crippen LogP) is 0.241.